The molecule has 120 valence electrons. The molecular weight excluding hydrogens is 268 g/mol. The van der Waals surface area contributed by atoms with Crippen molar-refractivity contribution in [1.82, 2.24) is 9.80 Å². The predicted molar refractivity (Wildman–Crippen MR) is 82.8 cm³/mol. The summed E-state index contributed by atoms with van der Waals surface area (Å²) < 4.78 is 5.42. The summed E-state index contributed by atoms with van der Waals surface area (Å²) in [6, 6.07) is 0. The van der Waals surface area contributed by atoms with E-state index >= 15 is 0 Å². The zero-order valence-corrected chi connectivity index (χ0v) is 13.7. The predicted octanol–water partition coefficient (Wildman–Crippen LogP) is 1.68. The summed E-state index contributed by atoms with van der Waals surface area (Å²) in [6.45, 7) is 11.9. The van der Waals surface area contributed by atoms with Crippen molar-refractivity contribution in [1.29, 1.82) is 0 Å². The lowest BCUT2D eigenvalue weighted by Gasteiger charge is -2.49. The van der Waals surface area contributed by atoms with Gasteiger partial charge in [0.25, 0.3) is 5.91 Å². The van der Waals surface area contributed by atoms with E-state index in [0.29, 0.717) is 19.0 Å². The monoisotopic (exact) mass is 296 g/mol. The first-order valence-electron chi connectivity index (χ1n) is 7.78. The number of nitrogens with zero attached hydrogens (tertiary/aromatic N) is 2. The zero-order chi connectivity index (χ0) is 16.0. The fourth-order valence-corrected chi connectivity index (χ4v) is 2.71. The molecule has 5 heteroatoms. The van der Waals surface area contributed by atoms with Gasteiger partial charge in [0.15, 0.2) is 5.60 Å². The summed E-state index contributed by atoms with van der Waals surface area (Å²) >= 11 is 0. The Morgan fingerprint density at radius 2 is 1.71 bits per heavy atom. The molecular formula is C16H28N2O3. The Labute approximate surface area is 127 Å². The van der Waals surface area contributed by atoms with Crippen LogP contribution in [-0.2, 0) is 14.3 Å². The highest BCUT2D eigenvalue weighted by atomic mass is 16.5. The van der Waals surface area contributed by atoms with Crippen molar-refractivity contribution in [2.45, 2.75) is 39.2 Å². The molecule has 2 rings (SSSR count). The largest absolute Gasteiger partial charge is 0.365 e. The average molecular weight is 296 g/mol. The van der Waals surface area contributed by atoms with Gasteiger partial charge in [0, 0.05) is 20.2 Å². The van der Waals surface area contributed by atoms with E-state index in [4.69, 9.17) is 4.74 Å². The van der Waals surface area contributed by atoms with Crippen LogP contribution in [0.2, 0.25) is 0 Å². The van der Waals surface area contributed by atoms with Crippen LogP contribution in [0.25, 0.3) is 0 Å². The Hall–Kier alpha value is -1.36. The molecule has 2 aliphatic heterocycles. The lowest BCUT2D eigenvalue weighted by molar-refractivity contribution is -0.181. The molecule has 5 nitrogen and oxygen atoms in total. The van der Waals surface area contributed by atoms with Crippen LogP contribution in [0.3, 0.4) is 0 Å². The van der Waals surface area contributed by atoms with E-state index in [1.807, 2.05) is 18.7 Å². The Bertz CT molecular complexity index is 381. The number of rotatable bonds is 3. The normalized spacial score (nSPS) is 21.0. The molecule has 0 aliphatic carbocycles. The van der Waals surface area contributed by atoms with Crippen molar-refractivity contribution in [2.24, 2.45) is 5.92 Å². The minimum absolute atomic E-state index is 0.0232. The van der Waals surface area contributed by atoms with Crippen LogP contribution in [0.1, 0.15) is 33.6 Å². The molecule has 0 saturated carbocycles. The molecule has 0 aromatic heterocycles. The van der Waals surface area contributed by atoms with Crippen molar-refractivity contribution in [3.05, 3.63) is 12.7 Å². The van der Waals surface area contributed by atoms with Crippen LogP contribution < -0.4 is 0 Å². The number of piperidine rings is 1. The fraction of sp³-hybridized carbons (Fsp3) is 0.750. The standard InChI is InChI=1S/C14H22N2O3.C2H6/c1-4-12(17)16-9-14(10-16,19-3)13(18)15-7-5-11(2)6-8-15;1-2/h4,11H,1,5-10H2,2-3H3;1-2H3. The maximum Gasteiger partial charge on any atom is 0.258 e. The first-order chi connectivity index (χ1) is 10.0. The third kappa shape index (κ3) is 3.64. The Balaban J connectivity index is 0.00000106. The second-order valence-electron chi connectivity index (χ2n) is 5.57. The minimum Gasteiger partial charge on any atom is -0.365 e. The van der Waals surface area contributed by atoms with Crippen molar-refractivity contribution in [2.75, 3.05) is 33.3 Å². The molecule has 0 bridgehead atoms. The molecule has 0 aromatic carbocycles. The number of ether oxygens (including phenoxy) is 1. The molecule has 2 heterocycles. The number of hydrogen-bond acceptors (Lipinski definition) is 3. The lowest BCUT2D eigenvalue weighted by atomic mass is 9.90. The molecule has 0 radical (unpaired) electrons. The topological polar surface area (TPSA) is 49.9 Å². The molecule has 2 fully saturated rings. The first kappa shape index (κ1) is 17.7. The van der Waals surface area contributed by atoms with Gasteiger partial charge in [-0.1, -0.05) is 27.4 Å². The van der Waals surface area contributed by atoms with E-state index in [1.165, 1.54) is 6.08 Å². The minimum atomic E-state index is -0.834. The summed E-state index contributed by atoms with van der Waals surface area (Å²) in [7, 11) is 1.54. The van der Waals surface area contributed by atoms with Crippen molar-refractivity contribution >= 4 is 11.8 Å². The third-order valence-electron chi connectivity index (χ3n) is 4.23. The summed E-state index contributed by atoms with van der Waals surface area (Å²) in [5.41, 5.74) is -0.834. The van der Waals surface area contributed by atoms with Gasteiger partial charge in [0.05, 0.1) is 13.1 Å². The van der Waals surface area contributed by atoms with Gasteiger partial charge in [0.2, 0.25) is 5.91 Å². The third-order valence-corrected chi connectivity index (χ3v) is 4.23. The molecule has 2 saturated heterocycles. The number of methoxy groups -OCH3 is 1. The summed E-state index contributed by atoms with van der Waals surface area (Å²) in [4.78, 5) is 27.5. The molecule has 0 aromatic rings. The number of hydrogen-bond donors (Lipinski definition) is 0. The van der Waals surface area contributed by atoms with Gasteiger partial charge < -0.3 is 14.5 Å². The van der Waals surface area contributed by atoms with Crippen molar-refractivity contribution in [3.8, 4) is 0 Å². The first-order valence-corrected chi connectivity index (χ1v) is 7.78. The molecule has 0 unspecified atom stereocenters. The number of carbonyl (C=O) groups excluding carboxylic acids is 2. The second kappa shape index (κ2) is 7.59. The molecule has 2 amide bonds. The summed E-state index contributed by atoms with van der Waals surface area (Å²) in [5.74, 6) is 0.561. The molecule has 21 heavy (non-hydrogen) atoms. The maximum absolute atomic E-state index is 12.5. The van der Waals surface area contributed by atoms with Gasteiger partial charge in [0.1, 0.15) is 0 Å². The van der Waals surface area contributed by atoms with Crippen LogP contribution >= 0.6 is 0 Å². The maximum atomic E-state index is 12.5. The SMILES string of the molecule is C=CC(=O)N1CC(OC)(C(=O)N2CCC(C)CC2)C1.CC. The molecule has 0 spiro atoms. The average Bonchev–Trinajstić information content (AvgIpc) is 2.49. The summed E-state index contributed by atoms with van der Waals surface area (Å²) in [6.07, 6.45) is 3.36. The Morgan fingerprint density at radius 3 is 2.14 bits per heavy atom. The lowest BCUT2D eigenvalue weighted by Crippen LogP contribution is -2.71. The number of likely N-dealkylation sites (tertiary alicyclic amines) is 2. The highest BCUT2D eigenvalue weighted by Crippen LogP contribution is 2.29. The van der Waals surface area contributed by atoms with E-state index in [-0.39, 0.29) is 11.8 Å². The fourth-order valence-electron chi connectivity index (χ4n) is 2.71. The zero-order valence-electron chi connectivity index (χ0n) is 13.7. The van der Waals surface area contributed by atoms with Crippen LogP contribution in [0.5, 0.6) is 0 Å². The van der Waals surface area contributed by atoms with E-state index < -0.39 is 5.60 Å². The highest BCUT2D eigenvalue weighted by molar-refractivity contribution is 5.93. The molecule has 2 aliphatic rings. The highest BCUT2D eigenvalue weighted by Gasteiger charge is 2.53. The van der Waals surface area contributed by atoms with E-state index in [2.05, 4.69) is 13.5 Å². The smallest absolute Gasteiger partial charge is 0.258 e. The van der Waals surface area contributed by atoms with Gasteiger partial charge in [-0.15, -0.1) is 0 Å². The number of carbonyl (C=O) groups is 2. The second-order valence-corrected chi connectivity index (χ2v) is 5.57. The van der Waals surface area contributed by atoms with E-state index in [9.17, 15) is 9.59 Å². The van der Waals surface area contributed by atoms with Gasteiger partial charge in [-0.25, -0.2) is 0 Å². The number of amides is 2. The van der Waals surface area contributed by atoms with E-state index in [0.717, 1.165) is 25.9 Å². The van der Waals surface area contributed by atoms with Crippen LogP contribution in [0.4, 0.5) is 0 Å². The van der Waals surface area contributed by atoms with Crippen molar-refractivity contribution in [3.63, 3.8) is 0 Å². The molecule has 0 N–H and O–H groups in total. The van der Waals surface area contributed by atoms with Crippen LogP contribution in [-0.4, -0.2) is 60.5 Å². The van der Waals surface area contributed by atoms with Gasteiger partial charge in [-0.3, -0.25) is 9.59 Å². The molecule has 0 atom stereocenters. The quantitative estimate of drug-likeness (QED) is 0.745. The Morgan fingerprint density at radius 1 is 1.19 bits per heavy atom. The Kier molecular flexibility index (Phi) is 6.40. The van der Waals surface area contributed by atoms with Gasteiger partial charge in [-0.2, -0.15) is 0 Å². The van der Waals surface area contributed by atoms with Gasteiger partial charge >= 0.3 is 0 Å². The van der Waals surface area contributed by atoms with Crippen LogP contribution in [0, 0.1) is 5.92 Å². The van der Waals surface area contributed by atoms with Crippen LogP contribution in [0.15, 0.2) is 12.7 Å². The van der Waals surface area contributed by atoms with Gasteiger partial charge in [-0.05, 0) is 24.8 Å². The summed E-state index contributed by atoms with van der Waals surface area (Å²) in [5, 5.41) is 0. The van der Waals surface area contributed by atoms with E-state index in [1.54, 1.807) is 12.0 Å². The van der Waals surface area contributed by atoms with Crippen molar-refractivity contribution < 1.29 is 14.3 Å².